The van der Waals surface area contributed by atoms with Gasteiger partial charge in [0, 0.05) is 28.4 Å². The van der Waals surface area contributed by atoms with Crippen LogP contribution in [0.4, 0.5) is 10.2 Å². The van der Waals surface area contributed by atoms with Crippen LogP contribution in [0.15, 0.2) is 54.0 Å². The number of aliphatic hydroxyl groups excluding tert-OH is 2. The number of hydrogen-bond acceptors (Lipinski definition) is 8. The Kier molecular flexibility index (Phi) is 6.36. The summed E-state index contributed by atoms with van der Waals surface area (Å²) in [6, 6.07) is 2.76. The minimum atomic E-state index is -4.03. The Labute approximate surface area is 212 Å². The molecule has 0 bridgehead atoms. The molecule has 3 aromatic heterocycles. The van der Waals surface area contributed by atoms with Crippen LogP contribution >= 0.6 is 11.6 Å². The predicted octanol–water partition coefficient (Wildman–Crippen LogP) is 3.34. The number of pyridine rings is 1. The maximum Gasteiger partial charge on any atom is 0.249 e. The van der Waals surface area contributed by atoms with Crippen LogP contribution in [0.25, 0.3) is 22.4 Å². The molecular formula is C24H25ClFN5O4S. The van der Waals surface area contributed by atoms with Crippen LogP contribution in [-0.4, -0.2) is 60.6 Å². The van der Waals surface area contributed by atoms with E-state index in [1.54, 1.807) is 31.2 Å². The zero-order chi connectivity index (χ0) is 25.7. The Hall–Kier alpha value is -2.86. The van der Waals surface area contributed by atoms with Gasteiger partial charge in [0.05, 0.1) is 24.4 Å². The number of aromatic nitrogens is 4. The summed E-state index contributed by atoms with van der Waals surface area (Å²) in [4.78, 5) is 12.7. The van der Waals surface area contributed by atoms with Crippen molar-refractivity contribution in [3.63, 3.8) is 0 Å². The summed E-state index contributed by atoms with van der Waals surface area (Å²) >= 11 is 6.13. The lowest BCUT2D eigenvalue weighted by atomic mass is 9.90. The number of nitrogens with zero attached hydrogens (tertiary/aromatic N) is 4. The van der Waals surface area contributed by atoms with Gasteiger partial charge in [0.1, 0.15) is 4.75 Å². The third-order valence-electron chi connectivity index (χ3n) is 6.75. The van der Waals surface area contributed by atoms with Crippen molar-refractivity contribution in [2.75, 3.05) is 5.32 Å². The first-order valence-corrected chi connectivity index (χ1v) is 13.3. The summed E-state index contributed by atoms with van der Waals surface area (Å²) in [5, 5.41) is 23.9. The quantitative estimate of drug-likeness (QED) is 0.455. The lowest BCUT2D eigenvalue weighted by molar-refractivity contribution is -0.0162. The zero-order valence-electron chi connectivity index (χ0n) is 19.3. The summed E-state index contributed by atoms with van der Waals surface area (Å²) in [7, 11) is -4.03. The van der Waals surface area contributed by atoms with E-state index in [2.05, 4.69) is 20.3 Å². The molecule has 2 aliphatic carbocycles. The average Bonchev–Trinajstić information content (AvgIpc) is 3.24. The Bertz CT molecular complexity index is 1490. The van der Waals surface area contributed by atoms with Crippen molar-refractivity contribution in [1.82, 2.24) is 18.9 Å². The molecular weight excluding hydrogens is 509 g/mol. The average molecular weight is 534 g/mol. The second-order valence-corrected chi connectivity index (χ2v) is 12.0. The first-order valence-electron chi connectivity index (χ1n) is 11.5. The van der Waals surface area contributed by atoms with Gasteiger partial charge in [-0.25, -0.2) is 31.7 Å². The summed E-state index contributed by atoms with van der Waals surface area (Å²) in [6.07, 6.45) is 8.62. The van der Waals surface area contributed by atoms with E-state index in [1.807, 2.05) is 0 Å². The molecule has 2 aliphatic rings. The number of fused-ring (bicyclic) bond motifs is 1. The van der Waals surface area contributed by atoms with Crippen LogP contribution < -0.4 is 5.32 Å². The fraction of sp³-hybridized carbons (Fsp3) is 0.375. The summed E-state index contributed by atoms with van der Waals surface area (Å²) in [5.74, 6) is -0.800. The fourth-order valence-corrected chi connectivity index (χ4v) is 6.73. The number of allylic oxidation sites excluding steroid dienone is 3. The van der Waals surface area contributed by atoms with Gasteiger partial charge < -0.3 is 15.5 Å². The highest BCUT2D eigenvalue weighted by Crippen LogP contribution is 2.36. The lowest BCUT2D eigenvalue weighted by Gasteiger charge is -2.32. The molecule has 1 fully saturated rings. The van der Waals surface area contributed by atoms with Crippen molar-refractivity contribution >= 4 is 38.5 Å². The van der Waals surface area contributed by atoms with E-state index in [0.717, 1.165) is 10.2 Å². The van der Waals surface area contributed by atoms with Gasteiger partial charge in [-0.05, 0) is 56.9 Å². The number of aliphatic hydroxyl groups is 2. The maximum absolute atomic E-state index is 14.6. The van der Waals surface area contributed by atoms with Gasteiger partial charge in [-0.3, -0.25) is 0 Å². The molecule has 0 spiro atoms. The fourth-order valence-electron chi connectivity index (χ4n) is 4.69. The van der Waals surface area contributed by atoms with Crippen molar-refractivity contribution in [2.24, 2.45) is 0 Å². The van der Waals surface area contributed by atoms with Gasteiger partial charge in [-0.1, -0.05) is 17.7 Å². The Balaban J connectivity index is 1.59. The van der Waals surface area contributed by atoms with Crippen molar-refractivity contribution < 1.29 is 23.0 Å². The Morgan fingerprint density at radius 2 is 2.08 bits per heavy atom. The van der Waals surface area contributed by atoms with Crippen LogP contribution in [0.1, 0.15) is 32.6 Å². The molecule has 3 N–H and O–H groups in total. The summed E-state index contributed by atoms with van der Waals surface area (Å²) in [5.41, 5.74) is 0.528. The monoisotopic (exact) mass is 533 g/mol. The smallest absolute Gasteiger partial charge is 0.249 e. The zero-order valence-corrected chi connectivity index (χ0v) is 20.9. The van der Waals surface area contributed by atoms with Crippen LogP contribution in [0, 0.1) is 5.82 Å². The Morgan fingerprint density at radius 3 is 2.86 bits per heavy atom. The molecule has 3 aromatic rings. The third kappa shape index (κ3) is 4.19. The van der Waals surface area contributed by atoms with E-state index in [0.29, 0.717) is 35.2 Å². The van der Waals surface area contributed by atoms with Crippen molar-refractivity contribution in [1.29, 1.82) is 0 Å². The first-order chi connectivity index (χ1) is 17.1. The molecule has 1 saturated carbocycles. The molecule has 5 rings (SSSR count). The van der Waals surface area contributed by atoms with Crippen LogP contribution in [0.2, 0.25) is 0 Å². The van der Waals surface area contributed by atoms with E-state index in [4.69, 9.17) is 11.6 Å². The Morgan fingerprint density at radius 1 is 1.28 bits per heavy atom. The molecule has 9 nitrogen and oxygen atoms in total. The minimum Gasteiger partial charge on any atom is -0.390 e. The standard InChI is InChI=1S/C24H25ClFN5O4S/c1-24(9-3-5-14(25)11-24)36(34,35)31-13-16(15-6-4-10-27-23(15)31)21-28-12-17(26)22(30-21)29-18-7-2-8-19(32)20(18)33/h3-6,10-13,18-20,32-33H,2,7-9H2,1H3,(H,28,29,30)/t18-,19+,20-,24?/m0/s1. The highest BCUT2D eigenvalue weighted by Gasteiger charge is 2.40. The highest BCUT2D eigenvalue weighted by atomic mass is 35.5. The molecule has 36 heavy (non-hydrogen) atoms. The number of rotatable bonds is 5. The molecule has 0 radical (unpaired) electrons. The van der Waals surface area contributed by atoms with Crippen molar-refractivity contribution in [3.8, 4) is 11.4 Å². The number of hydrogen-bond donors (Lipinski definition) is 3. The van der Waals surface area contributed by atoms with Gasteiger partial charge in [-0.2, -0.15) is 0 Å². The van der Waals surface area contributed by atoms with E-state index < -0.39 is 38.8 Å². The molecule has 3 heterocycles. The minimum absolute atomic E-state index is 0.0824. The number of halogens is 2. The molecule has 0 saturated heterocycles. The first kappa shape index (κ1) is 24.8. The molecule has 190 valence electrons. The molecule has 0 aliphatic heterocycles. The molecule has 12 heteroatoms. The second-order valence-electron chi connectivity index (χ2n) is 9.30. The van der Waals surface area contributed by atoms with Crippen molar-refractivity contribution in [3.05, 3.63) is 59.8 Å². The number of nitrogens with one attached hydrogen (secondary N) is 1. The van der Waals surface area contributed by atoms with Crippen LogP contribution in [0.3, 0.4) is 0 Å². The van der Waals surface area contributed by atoms with Crippen LogP contribution in [-0.2, 0) is 10.0 Å². The third-order valence-corrected chi connectivity index (χ3v) is 9.25. The van der Waals surface area contributed by atoms with E-state index in [1.165, 1.54) is 18.5 Å². The van der Waals surface area contributed by atoms with E-state index >= 15 is 0 Å². The second kappa shape index (κ2) is 9.22. The number of anilines is 1. The molecule has 4 atom stereocenters. The van der Waals surface area contributed by atoms with Gasteiger partial charge >= 0.3 is 0 Å². The summed E-state index contributed by atoms with van der Waals surface area (Å²) < 4.78 is 42.0. The molecule has 0 amide bonds. The molecule has 1 unspecified atom stereocenters. The summed E-state index contributed by atoms with van der Waals surface area (Å²) in [6.45, 7) is 1.59. The largest absolute Gasteiger partial charge is 0.390 e. The normalized spacial score (nSPS) is 26.7. The lowest BCUT2D eigenvalue weighted by Crippen LogP contribution is -2.45. The molecule has 0 aromatic carbocycles. The van der Waals surface area contributed by atoms with Gasteiger partial charge in [0.15, 0.2) is 23.1 Å². The van der Waals surface area contributed by atoms with Crippen LogP contribution in [0.5, 0.6) is 0 Å². The van der Waals surface area contributed by atoms with E-state index in [-0.39, 0.29) is 23.7 Å². The van der Waals surface area contributed by atoms with Gasteiger partial charge in [0.25, 0.3) is 0 Å². The predicted molar refractivity (Wildman–Crippen MR) is 134 cm³/mol. The SMILES string of the molecule is CC1(S(=O)(=O)n2cc(-c3ncc(F)c(N[C@H]4CCC[C@@H](O)[C@H]4O)n3)c3cccnc32)C=C(Cl)C=CC1. The van der Waals surface area contributed by atoms with Gasteiger partial charge in [-0.15, -0.1) is 0 Å². The van der Waals surface area contributed by atoms with Gasteiger partial charge in [0.2, 0.25) is 10.0 Å². The topological polar surface area (TPSA) is 130 Å². The maximum atomic E-state index is 14.6. The highest BCUT2D eigenvalue weighted by molar-refractivity contribution is 7.91. The van der Waals surface area contributed by atoms with Crippen molar-refractivity contribution in [2.45, 2.75) is 55.6 Å². The van der Waals surface area contributed by atoms with E-state index in [9.17, 15) is 23.0 Å².